The topological polar surface area (TPSA) is 57.0 Å². The fraction of sp³-hybridized carbons (Fsp3) is 0.476. The van der Waals surface area contributed by atoms with Gasteiger partial charge in [0.1, 0.15) is 5.82 Å². The maximum Gasteiger partial charge on any atom is 0.337 e. The van der Waals surface area contributed by atoms with Crippen LogP contribution in [0.2, 0.25) is 0 Å². The molecular formula is C21H25N3O2S. The Bertz CT molecular complexity index is 1030. The fourth-order valence-corrected chi connectivity index (χ4v) is 5.30. The summed E-state index contributed by atoms with van der Waals surface area (Å²) in [6.45, 7) is 11.2. The van der Waals surface area contributed by atoms with E-state index in [2.05, 4.69) is 37.2 Å². The molecular weight excluding hydrogens is 358 g/mol. The minimum absolute atomic E-state index is 0.0853. The van der Waals surface area contributed by atoms with Gasteiger partial charge in [0.25, 0.3) is 0 Å². The Hall–Kier alpha value is -2.21. The Morgan fingerprint density at radius 1 is 1.15 bits per heavy atom. The van der Waals surface area contributed by atoms with Crippen molar-refractivity contribution in [3.63, 3.8) is 0 Å². The number of nitrogens with zero attached hydrogens (tertiary/aromatic N) is 3. The first-order valence-corrected chi connectivity index (χ1v) is 10.1. The molecule has 0 saturated heterocycles. The van der Waals surface area contributed by atoms with E-state index in [9.17, 15) is 4.79 Å². The standard InChI is InChI=1S/C21H25N3O2S/c1-12-22-14-11-13(18(25)26-6)7-8-15(14)24(12)19-23-16-17(27-19)21(4,5)10-9-20(16,2)3/h7-8,11H,9-10H2,1-6H3. The summed E-state index contributed by atoms with van der Waals surface area (Å²) < 4.78 is 6.93. The van der Waals surface area contributed by atoms with Gasteiger partial charge in [-0.15, -0.1) is 11.3 Å². The van der Waals surface area contributed by atoms with Gasteiger partial charge in [0, 0.05) is 15.7 Å². The molecule has 0 amide bonds. The molecule has 0 fully saturated rings. The molecule has 4 rings (SSSR count). The lowest BCUT2D eigenvalue weighted by atomic mass is 9.69. The maximum atomic E-state index is 11.8. The predicted molar refractivity (Wildman–Crippen MR) is 108 cm³/mol. The van der Waals surface area contributed by atoms with E-state index in [-0.39, 0.29) is 16.8 Å². The number of methoxy groups -OCH3 is 1. The van der Waals surface area contributed by atoms with Crippen molar-refractivity contribution in [2.24, 2.45) is 0 Å². The van der Waals surface area contributed by atoms with E-state index in [4.69, 9.17) is 9.72 Å². The third kappa shape index (κ3) is 2.78. The summed E-state index contributed by atoms with van der Waals surface area (Å²) in [5.74, 6) is 0.519. The lowest BCUT2D eigenvalue weighted by Gasteiger charge is -2.37. The lowest BCUT2D eigenvalue weighted by Crippen LogP contribution is -2.32. The van der Waals surface area contributed by atoms with Gasteiger partial charge in [-0.05, 0) is 38.0 Å². The number of ether oxygens (including phenoxy) is 1. The summed E-state index contributed by atoms with van der Waals surface area (Å²) >= 11 is 1.77. The highest BCUT2D eigenvalue weighted by molar-refractivity contribution is 7.14. The summed E-state index contributed by atoms with van der Waals surface area (Å²) in [4.78, 5) is 22.9. The number of hydrogen-bond donors (Lipinski definition) is 0. The molecule has 0 saturated carbocycles. The number of aromatic nitrogens is 3. The second kappa shape index (κ2) is 5.89. The molecule has 0 atom stereocenters. The molecule has 0 radical (unpaired) electrons. The number of fused-ring (bicyclic) bond motifs is 2. The van der Waals surface area contributed by atoms with Crippen LogP contribution in [0.15, 0.2) is 18.2 Å². The normalized spacial score (nSPS) is 17.7. The van der Waals surface area contributed by atoms with Gasteiger partial charge in [-0.3, -0.25) is 4.57 Å². The van der Waals surface area contributed by atoms with Gasteiger partial charge >= 0.3 is 5.97 Å². The molecule has 5 nitrogen and oxygen atoms in total. The summed E-state index contributed by atoms with van der Waals surface area (Å²) in [5, 5.41) is 0.953. The molecule has 3 aromatic rings. The molecule has 0 spiro atoms. The number of aryl methyl sites for hydroxylation is 1. The molecule has 0 unspecified atom stereocenters. The van der Waals surface area contributed by atoms with Crippen LogP contribution in [0.5, 0.6) is 0 Å². The van der Waals surface area contributed by atoms with E-state index in [1.165, 1.54) is 24.1 Å². The highest BCUT2D eigenvalue weighted by Crippen LogP contribution is 2.48. The number of hydrogen-bond acceptors (Lipinski definition) is 5. The first kappa shape index (κ1) is 18.2. The van der Waals surface area contributed by atoms with Crippen LogP contribution < -0.4 is 0 Å². The van der Waals surface area contributed by atoms with Crippen LogP contribution in [0.25, 0.3) is 16.2 Å². The smallest absolute Gasteiger partial charge is 0.337 e. The Morgan fingerprint density at radius 2 is 1.85 bits per heavy atom. The number of carbonyl (C=O) groups excluding carboxylic acids is 1. The van der Waals surface area contributed by atoms with Crippen LogP contribution in [-0.4, -0.2) is 27.6 Å². The number of carbonyl (C=O) groups is 1. The minimum atomic E-state index is -0.350. The van der Waals surface area contributed by atoms with E-state index in [1.54, 1.807) is 23.5 Å². The third-order valence-electron chi connectivity index (χ3n) is 5.68. The fourth-order valence-electron chi connectivity index (χ4n) is 3.87. The molecule has 142 valence electrons. The summed E-state index contributed by atoms with van der Waals surface area (Å²) in [6.07, 6.45) is 2.31. The molecule has 6 heteroatoms. The van der Waals surface area contributed by atoms with Gasteiger partial charge in [0.15, 0.2) is 5.13 Å². The van der Waals surface area contributed by atoms with E-state index >= 15 is 0 Å². The van der Waals surface area contributed by atoms with Crippen LogP contribution >= 0.6 is 11.3 Å². The molecule has 0 N–H and O–H groups in total. The first-order valence-electron chi connectivity index (χ1n) is 9.24. The zero-order valence-corrected chi connectivity index (χ0v) is 17.5. The van der Waals surface area contributed by atoms with Gasteiger partial charge in [0.05, 0.1) is 29.4 Å². The van der Waals surface area contributed by atoms with Crippen molar-refractivity contribution in [2.45, 2.75) is 58.3 Å². The zero-order valence-electron chi connectivity index (χ0n) is 16.7. The first-order chi connectivity index (χ1) is 12.6. The summed E-state index contributed by atoms with van der Waals surface area (Å²) in [5.41, 5.74) is 3.69. The number of benzene rings is 1. The van der Waals surface area contributed by atoms with Crippen molar-refractivity contribution in [1.29, 1.82) is 0 Å². The maximum absolute atomic E-state index is 11.8. The Balaban J connectivity index is 1.90. The lowest BCUT2D eigenvalue weighted by molar-refractivity contribution is 0.0601. The number of thiazole rings is 1. The van der Waals surface area contributed by atoms with E-state index in [1.807, 2.05) is 13.0 Å². The Kier molecular flexibility index (Phi) is 3.97. The molecule has 27 heavy (non-hydrogen) atoms. The number of esters is 1. The number of imidazole rings is 1. The molecule has 2 aromatic heterocycles. The molecule has 0 bridgehead atoms. The molecule has 1 aromatic carbocycles. The van der Waals surface area contributed by atoms with Crippen LogP contribution in [-0.2, 0) is 15.6 Å². The molecule has 1 aliphatic carbocycles. The number of rotatable bonds is 2. The van der Waals surface area contributed by atoms with Gasteiger partial charge in [0.2, 0.25) is 0 Å². The predicted octanol–water partition coefficient (Wildman–Crippen LogP) is 4.93. The van der Waals surface area contributed by atoms with Gasteiger partial charge in [-0.2, -0.15) is 0 Å². The van der Waals surface area contributed by atoms with E-state index in [0.29, 0.717) is 5.56 Å². The van der Waals surface area contributed by atoms with Crippen molar-refractivity contribution in [1.82, 2.24) is 14.5 Å². The van der Waals surface area contributed by atoms with Crippen molar-refractivity contribution in [3.8, 4) is 5.13 Å². The van der Waals surface area contributed by atoms with Crippen LogP contribution in [0.1, 0.15) is 67.3 Å². The van der Waals surface area contributed by atoms with Crippen LogP contribution in [0, 0.1) is 6.92 Å². The molecule has 0 aliphatic heterocycles. The second-order valence-corrected chi connectivity index (χ2v) is 9.61. The average Bonchev–Trinajstić information content (AvgIpc) is 3.19. The van der Waals surface area contributed by atoms with E-state index in [0.717, 1.165) is 28.4 Å². The van der Waals surface area contributed by atoms with Gasteiger partial charge in [-0.25, -0.2) is 14.8 Å². The SMILES string of the molecule is COC(=O)c1ccc2c(c1)nc(C)n2-c1nc2c(s1)C(C)(C)CCC2(C)C. The third-order valence-corrected chi connectivity index (χ3v) is 7.09. The van der Waals surface area contributed by atoms with Crippen LogP contribution in [0.4, 0.5) is 0 Å². The highest BCUT2D eigenvalue weighted by atomic mass is 32.1. The summed E-state index contributed by atoms with van der Waals surface area (Å²) in [7, 11) is 1.39. The summed E-state index contributed by atoms with van der Waals surface area (Å²) in [6, 6.07) is 5.50. The monoisotopic (exact) mass is 383 g/mol. The Labute approximate surface area is 163 Å². The Morgan fingerprint density at radius 3 is 2.52 bits per heavy atom. The highest BCUT2D eigenvalue weighted by Gasteiger charge is 2.40. The van der Waals surface area contributed by atoms with Crippen LogP contribution in [0.3, 0.4) is 0 Å². The van der Waals surface area contributed by atoms with Crippen molar-refractivity contribution in [2.75, 3.05) is 7.11 Å². The second-order valence-electron chi connectivity index (χ2n) is 8.63. The minimum Gasteiger partial charge on any atom is -0.465 e. The quantitative estimate of drug-likeness (QED) is 0.589. The van der Waals surface area contributed by atoms with Crippen molar-refractivity contribution >= 4 is 28.3 Å². The largest absolute Gasteiger partial charge is 0.465 e. The van der Waals surface area contributed by atoms with Crippen molar-refractivity contribution < 1.29 is 9.53 Å². The van der Waals surface area contributed by atoms with E-state index < -0.39 is 0 Å². The van der Waals surface area contributed by atoms with Gasteiger partial charge < -0.3 is 4.74 Å². The zero-order chi connectivity index (χ0) is 19.6. The molecule has 2 heterocycles. The van der Waals surface area contributed by atoms with Gasteiger partial charge in [-0.1, -0.05) is 27.7 Å². The van der Waals surface area contributed by atoms with Crippen molar-refractivity contribution in [3.05, 3.63) is 40.2 Å². The molecule has 1 aliphatic rings. The average molecular weight is 384 g/mol.